The van der Waals surface area contributed by atoms with E-state index in [0.717, 1.165) is 5.56 Å². The molecule has 0 heterocycles. The van der Waals surface area contributed by atoms with E-state index in [1.54, 1.807) is 36.4 Å². The summed E-state index contributed by atoms with van der Waals surface area (Å²) >= 11 is 0. The van der Waals surface area contributed by atoms with Gasteiger partial charge in [-0.15, -0.1) is 0 Å². The zero-order valence-corrected chi connectivity index (χ0v) is 12.3. The maximum absolute atomic E-state index is 12.4. The maximum Gasteiger partial charge on any atom is 0.243 e. The molecule has 21 heavy (non-hydrogen) atoms. The summed E-state index contributed by atoms with van der Waals surface area (Å²) in [6.07, 6.45) is 0. The Bertz CT molecular complexity index is 795. The third-order valence-electron chi connectivity index (χ3n) is 3.03. The molecule has 108 valence electrons. The van der Waals surface area contributed by atoms with Crippen LogP contribution in [0.4, 0.5) is 5.69 Å². The van der Waals surface area contributed by atoms with Gasteiger partial charge in [0.15, 0.2) is 0 Å². The zero-order valence-electron chi connectivity index (χ0n) is 11.5. The molecular formula is C15H15N3O2S. The number of hydrogen-bond acceptors (Lipinski definition) is 4. The van der Waals surface area contributed by atoms with E-state index in [9.17, 15) is 8.42 Å². The quantitative estimate of drug-likeness (QED) is 0.874. The Morgan fingerprint density at radius 1 is 1.19 bits per heavy atom. The number of anilines is 1. The molecule has 0 aromatic heterocycles. The summed E-state index contributed by atoms with van der Waals surface area (Å²) in [5.41, 5.74) is 7.28. The van der Waals surface area contributed by atoms with Gasteiger partial charge in [0, 0.05) is 19.3 Å². The fraction of sp³-hybridized carbons (Fsp3) is 0.133. The molecule has 0 bridgehead atoms. The molecule has 0 atom stereocenters. The van der Waals surface area contributed by atoms with E-state index in [-0.39, 0.29) is 11.4 Å². The number of nitriles is 1. The zero-order chi connectivity index (χ0) is 15.5. The minimum Gasteiger partial charge on any atom is -0.399 e. The monoisotopic (exact) mass is 301 g/mol. The highest BCUT2D eigenvalue weighted by Crippen LogP contribution is 2.19. The van der Waals surface area contributed by atoms with Crippen LogP contribution >= 0.6 is 0 Å². The molecule has 0 saturated carbocycles. The van der Waals surface area contributed by atoms with Gasteiger partial charge in [-0.25, -0.2) is 8.42 Å². The Morgan fingerprint density at radius 2 is 1.90 bits per heavy atom. The van der Waals surface area contributed by atoms with Crippen molar-refractivity contribution in [3.63, 3.8) is 0 Å². The number of benzene rings is 2. The van der Waals surface area contributed by atoms with Crippen LogP contribution in [-0.4, -0.2) is 19.8 Å². The van der Waals surface area contributed by atoms with Crippen molar-refractivity contribution >= 4 is 15.7 Å². The summed E-state index contributed by atoms with van der Waals surface area (Å²) in [4.78, 5) is 0.154. The highest BCUT2D eigenvalue weighted by molar-refractivity contribution is 7.89. The maximum atomic E-state index is 12.4. The molecule has 2 aromatic rings. The first-order valence-corrected chi connectivity index (χ1v) is 7.68. The summed E-state index contributed by atoms with van der Waals surface area (Å²) < 4.78 is 26.1. The van der Waals surface area contributed by atoms with Gasteiger partial charge in [-0.05, 0) is 35.9 Å². The van der Waals surface area contributed by atoms with Crippen LogP contribution < -0.4 is 5.73 Å². The number of sulfonamides is 1. The van der Waals surface area contributed by atoms with Gasteiger partial charge in [-0.1, -0.05) is 18.2 Å². The van der Waals surface area contributed by atoms with Gasteiger partial charge in [0.1, 0.15) is 0 Å². The van der Waals surface area contributed by atoms with Crippen molar-refractivity contribution in [2.45, 2.75) is 11.4 Å². The fourth-order valence-corrected chi connectivity index (χ4v) is 3.15. The molecule has 0 radical (unpaired) electrons. The number of hydrogen-bond donors (Lipinski definition) is 1. The molecule has 2 aromatic carbocycles. The van der Waals surface area contributed by atoms with Crippen molar-refractivity contribution in [2.24, 2.45) is 0 Å². The van der Waals surface area contributed by atoms with Crippen LogP contribution in [0.15, 0.2) is 53.4 Å². The first-order valence-electron chi connectivity index (χ1n) is 6.24. The standard InChI is InChI=1S/C15H15N3O2S/c1-18(11-13-5-2-4-12(8-13)10-16)21(19,20)15-7-3-6-14(17)9-15/h2-9H,11,17H2,1H3. The van der Waals surface area contributed by atoms with Crippen molar-refractivity contribution in [1.82, 2.24) is 4.31 Å². The minimum absolute atomic E-state index is 0.154. The molecule has 2 N–H and O–H groups in total. The second-order valence-corrected chi connectivity index (χ2v) is 6.69. The SMILES string of the molecule is CN(Cc1cccc(C#N)c1)S(=O)(=O)c1cccc(N)c1. The number of nitrogen functional groups attached to an aromatic ring is 1. The van der Waals surface area contributed by atoms with Gasteiger partial charge >= 0.3 is 0 Å². The van der Waals surface area contributed by atoms with E-state index in [1.165, 1.54) is 23.5 Å². The van der Waals surface area contributed by atoms with E-state index in [1.807, 2.05) is 6.07 Å². The molecule has 0 fully saturated rings. The summed E-state index contributed by atoms with van der Waals surface area (Å²) in [5.74, 6) is 0. The van der Waals surface area contributed by atoms with Gasteiger partial charge in [0.25, 0.3) is 0 Å². The van der Waals surface area contributed by atoms with Gasteiger partial charge in [-0.3, -0.25) is 0 Å². The largest absolute Gasteiger partial charge is 0.399 e. The Balaban J connectivity index is 2.27. The van der Waals surface area contributed by atoms with Gasteiger partial charge in [0.05, 0.1) is 16.5 Å². The van der Waals surface area contributed by atoms with Crippen LogP contribution in [0.3, 0.4) is 0 Å². The molecule has 0 aliphatic heterocycles. The molecule has 0 spiro atoms. The van der Waals surface area contributed by atoms with Crippen LogP contribution in [0.5, 0.6) is 0 Å². The molecule has 6 heteroatoms. The predicted octanol–water partition coefficient (Wildman–Crippen LogP) is 1.96. The minimum atomic E-state index is -3.61. The molecule has 0 aliphatic rings. The van der Waals surface area contributed by atoms with E-state index in [4.69, 9.17) is 11.0 Å². The van der Waals surface area contributed by atoms with Crippen molar-refractivity contribution in [2.75, 3.05) is 12.8 Å². The van der Waals surface area contributed by atoms with Crippen LogP contribution in [0, 0.1) is 11.3 Å². The average Bonchev–Trinajstić information content (AvgIpc) is 2.47. The molecule has 0 amide bonds. The number of rotatable bonds is 4. The smallest absolute Gasteiger partial charge is 0.243 e. The van der Waals surface area contributed by atoms with Gasteiger partial charge in [-0.2, -0.15) is 9.57 Å². The highest BCUT2D eigenvalue weighted by atomic mass is 32.2. The van der Waals surface area contributed by atoms with E-state index >= 15 is 0 Å². The summed E-state index contributed by atoms with van der Waals surface area (Å²) in [5, 5.41) is 8.87. The normalized spacial score (nSPS) is 11.3. The number of nitrogens with zero attached hydrogens (tertiary/aromatic N) is 2. The third kappa shape index (κ3) is 3.40. The van der Waals surface area contributed by atoms with E-state index < -0.39 is 10.0 Å². The Morgan fingerprint density at radius 3 is 2.57 bits per heavy atom. The first kappa shape index (κ1) is 15.0. The summed E-state index contributed by atoms with van der Waals surface area (Å²) in [6.45, 7) is 0.187. The summed E-state index contributed by atoms with van der Waals surface area (Å²) in [6, 6.07) is 15.1. The predicted molar refractivity (Wildman–Crippen MR) is 80.7 cm³/mol. The van der Waals surface area contributed by atoms with Gasteiger partial charge in [0.2, 0.25) is 10.0 Å². The van der Waals surface area contributed by atoms with Crippen LogP contribution in [0.1, 0.15) is 11.1 Å². The average molecular weight is 301 g/mol. The second-order valence-electron chi connectivity index (χ2n) is 4.65. The third-order valence-corrected chi connectivity index (χ3v) is 4.83. The number of nitrogens with two attached hydrogens (primary N) is 1. The topological polar surface area (TPSA) is 87.2 Å². The van der Waals surface area contributed by atoms with Crippen molar-refractivity contribution in [3.05, 3.63) is 59.7 Å². The second kappa shape index (κ2) is 5.95. The fourth-order valence-electron chi connectivity index (χ4n) is 1.94. The Kier molecular flexibility index (Phi) is 4.26. The lowest BCUT2D eigenvalue weighted by atomic mass is 10.1. The van der Waals surface area contributed by atoms with Crippen LogP contribution in [0.25, 0.3) is 0 Å². The first-order chi connectivity index (χ1) is 9.93. The Labute approximate surface area is 124 Å². The van der Waals surface area contributed by atoms with E-state index in [0.29, 0.717) is 11.3 Å². The molecular weight excluding hydrogens is 286 g/mol. The molecule has 5 nitrogen and oxygen atoms in total. The van der Waals surface area contributed by atoms with Crippen LogP contribution in [0.2, 0.25) is 0 Å². The van der Waals surface area contributed by atoms with Crippen LogP contribution in [-0.2, 0) is 16.6 Å². The molecule has 2 rings (SSSR count). The highest BCUT2D eigenvalue weighted by Gasteiger charge is 2.21. The molecule has 0 aliphatic carbocycles. The van der Waals surface area contributed by atoms with Crippen molar-refractivity contribution in [1.29, 1.82) is 5.26 Å². The lowest BCUT2D eigenvalue weighted by molar-refractivity contribution is 0.466. The molecule has 0 unspecified atom stereocenters. The summed E-state index contributed by atoms with van der Waals surface area (Å²) in [7, 11) is -2.11. The van der Waals surface area contributed by atoms with Crippen molar-refractivity contribution in [3.8, 4) is 6.07 Å². The van der Waals surface area contributed by atoms with Crippen molar-refractivity contribution < 1.29 is 8.42 Å². The lowest BCUT2D eigenvalue weighted by Gasteiger charge is -2.17. The van der Waals surface area contributed by atoms with E-state index in [2.05, 4.69) is 0 Å². The Hall–Kier alpha value is -2.36. The van der Waals surface area contributed by atoms with Gasteiger partial charge < -0.3 is 5.73 Å². The molecule has 0 saturated heterocycles. The lowest BCUT2D eigenvalue weighted by Crippen LogP contribution is -2.26.